The summed E-state index contributed by atoms with van der Waals surface area (Å²) in [5.74, 6) is -0.0841. The minimum atomic E-state index is -4.44. The van der Waals surface area contributed by atoms with E-state index in [0.717, 1.165) is 5.69 Å². The Morgan fingerprint density at radius 3 is 2.64 bits per heavy atom. The molecular weight excluding hydrogens is 295 g/mol. The highest BCUT2D eigenvalue weighted by atomic mass is 19.4. The predicted molar refractivity (Wildman–Crippen MR) is 74.3 cm³/mol. The number of hydrogen-bond donors (Lipinski definition) is 0. The number of halogens is 3. The lowest BCUT2D eigenvalue weighted by molar-refractivity contribution is -0.153. The van der Waals surface area contributed by atoms with Crippen LogP contribution >= 0.6 is 0 Å². The van der Waals surface area contributed by atoms with Crippen LogP contribution in [-0.2, 0) is 0 Å². The first-order chi connectivity index (χ1) is 10.3. The van der Waals surface area contributed by atoms with Gasteiger partial charge in [-0.1, -0.05) is 0 Å². The maximum atomic E-state index is 12.2. The molecule has 1 aromatic carbocycles. The first-order valence-electron chi connectivity index (χ1n) is 6.59. The molecule has 1 aromatic heterocycles. The van der Waals surface area contributed by atoms with Gasteiger partial charge >= 0.3 is 6.18 Å². The zero-order valence-electron chi connectivity index (χ0n) is 12.1. The van der Waals surface area contributed by atoms with Crippen molar-refractivity contribution in [1.29, 1.82) is 5.26 Å². The lowest BCUT2D eigenvalue weighted by atomic mass is 10.1. The van der Waals surface area contributed by atoms with Crippen LogP contribution in [0.2, 0.25) is 0 Å². The number of aromatic nitrogens is 2. The molecule has 0 aliphatic carbocycles. The van der Waals surface area contributed by atoms with Crippen molar-refractivity contribution in [2.75, 3.05) is 6.61 Å². The van der Waals surface area contributed by atoms with Gasteiger partial charge in [0.25, 0.3) is 0 Å². The largest absolute Gasteiger partial charge is 0.483 e. The maximum Gasteiger partial charge on any atom is 0.422 e. The molecule has 0 fully saturated rings. The molecule has 1 heterocycles. The molecule has 0 N–H and O–H groups in total. The Kier molecular flexibility index (Phi) is 4.40. The average molecular weight is 309 g/mol. The van der Waals surface area contributed by atoms with Gasteiger partial charge in [0.05, 0.1) is 11.3 Å². The third-order valence-corrected chi connectivity index (χ3v) is 2.95. The van der Waals surface area contributed by atoms with Crippen LogP contribution < -0.4 is 4.74 Å². The van der Waals surface area contributed by atoms with E-state index in [4.69, 9.17) is 5.26 Å². The summed E-state index contributed by atoms with van der Waals surface area (Å²) in [5.41, 5.74) is 1.54. The molecule has 0 amide bonds. The lowest BCUT2D eigenvalue weighted by Gasteiger charge is -2.13. The van der Waals surface area contributed by atoms with Gasteiger partial charge in [0.2, 0.25) is 0 Å². The smallest absolute Gasteiger partial charge is 0.422 e. The molecule has 2 aromatic rings. The van der Waals surface area contributed by atoms with Gasteiger partial charge in [0, 0.05) is 17.8 Å². The molecule has 7 heteroatoms. The van der Waals surface area contributed by atoms with Crippen molar-refractivity contribution in [3.8, 4) is 23.1 Å². The minimum absolute atomic E-state index is 0.0539. The summed E-state index contributed by atoms with van der Waals surface area (Å²) in [6.45, 7) is 2.50. The summed E-state index contributed by atoms with van der Waals surface area (Å²) < 4.78 is 43.0. The Morgan fingerprint density at radius 2 is 2.05 bits per heavy atom. The van der Waals surface area contributed by atoms with Crippen LogP contribution in [0.15, 0.2) is 30.5 Å². The van der Waals surface area contributed by atoms with E-state index < -0.39 is 12.8 Å². The molecule has 0 saturated heterocycles. The first kappa shape index (κ1) is 15.9. The Labute approximate surface area is 125 Å². The predicted octanol–water partition coefficient (Wildman–Crippen LogP) is 3.94. The van der Waals surface area contributed by atoms with E-state index in [0.29, 0.717) is 5.56 Å². The Bertz CT molecular complexity index is 699. The molecule has 0 spiro atoms. The molecule has 0 bridgehead atoms. The van der Waals surface area contributed by atoms with Crippen molar-refractivity contribution in [3.05, 3.63) is 36.0 Å². The molecule has 0 atom stereocenters. The molecule has 0 aliphatic heterocycles. The summed E-state index contributed by atoms with van der Waals surface area (Å²) in [4.78, 5) is 0. The van der Waals surface area contributed by atoms with Crippen LogP contribution in [0.1, 0.15) is 25.5 Å². The number of rotatable bonds is 4. The van der Waals surface area contributed by atoms with Crippen LogP contribution in [0.4, 0.5) is 13.2 Å². The highest BCUT2D eigenvalue weighted by molar-refractivity contribution is 5.64. The standard InChI is InChI=1S/C15H14F3N3O/c1-10(2)21-13(5-6-20-21)11-3-4-14(12(7-11)8-19)22-9-15(16,17)18/h3-7,10H,9H2,1-2H3. The fraction of sp³-hybridized carbons (Fsp3) is 0.333. The van der Waals surface area contributed by atoms with Crippen LogP contribution in [-0.4, -0.2) is 22.6 Å². The van der Waals surface area contributed by atoms with Crippen molar-refractivity contribution in [2.45, 2.75) is 26.1 Å². The van der Waals surface area contributed by atoms with Gasteiger partial charge in [0.1, 0.15) is 11.8 Å². The molecule has 4 nitrogen and oxygen atoms in total. The number of ether oxygens (including phenoxy) is 1. The zero-order chi connectivity index (χ0) is 16.3. The van der Waals surface area contributed by atoms with Crippen LogP contribution in [0.3, 0.4) is 0 Å². The minimum Gasteiger partial charge on any atom is -0.483 e. The van der Waals surface area contributed by atoms with Crippen molar-refractivity contribution in [1.82, 2.24) is 9.78 Å². The topological polar surface area (TPSA) is 50.8 Å². The van der Waals surface area contributed by atoms with Gasteiger partial charge in [-0.3, -0.25) is 4.68 Å². The van der Waals surface area contributed by atoms with Crippen molar-refractivity contribution < 1.29 is 17.9 Å². The summed E-state index contributed by atoms with van der Waals surface area (Å²) in [6.07, 6.45) is -2.81. The van der Waals surface area contributed by atoms with Crippen LogP contribution in [0.5, 0.6) is 5.75 Å². The normalized spacial score (nSPS) is 11.5. The molecule has 0 saturated carbocycles. The number of alkyl halides is 3. The van der Waals surface area contributed by atoms with Crippen molar-refractivity contribution in [3.63, 3.8) is 0 Å². The maximum absolute atomic E-state index is 12.2. The zero-order valence-corrected chi connectivity index (χ0v) is 12.1. The second kappa shape index (κ2) is 6.10. The first-order valence-corrected chi connectivity index (χ1v) is 6.59. The van der Waals surface area contributed by atoms with Gasteiger partial charge < -0.3 is 4.74 Å². The molecule has 2 rings (SSSR count). The number of hydrogen-bond acceptors (Lipinski definition) is 3. The monoisotopic (exact) mass is 309 g/mol. The number of nitriles is 1. The SMILES string of the molecule is CC(C)n1nccc1-c1ccc(OCC(F)(F)F)c(C#N)c1. The Balaban J connectivity index is 2.33. The highest BCUT2D eigenvalue weighted by Crippen LogP contribution is 2.28. The number of nitrogens with zero attached hydrogens (tertiary/aromatic N) is 3. The van der Waals surface area contributed by atoms with E-state index in [2.05, 4.69) is 9.84 Å². The Hall–Kier alpha value is -2.49. The molecule has 22 heavy (non-hydrogen) atoms. The quantitative estimate of drug-likeness (QED) is 0.859. The van der Waals surface area contributed by atoms with E-state index >= 15 is 0 Å². The fourth-order valence-corrected chi connectivity index (χ4v) is 2.02. The van der Waals surface area contributed by atoms with Gasteiger partial charge in [-0.25, -0.2) is 0 Å². The highest BCUT2D eigenvalue weighted by Gasteiger charge is 2.29. The molecule has 116 valence electrons. The van der Waals surface area contributed by atoms with Crippen LogP contribution in [0.25, 0.3) is 11.3 Å². The van der Waals surface area contributed by atoms with E-state index in [1.165, 1.54) is 12.1 Å². The number of benzene rings is 1. The second-order valence-corrected chi connectivity index (χ2v) is 4.98. The van der Waals surface area contributed by atoms with E-state index in [1.807, 2.05) is 19.9 Å². The fourth-order valence-electron chi connectivity index (χ4n) is 2.02. The van der Waals surface area contributed by atoms with Crippen molar-refractivity contribution in [2.24, 2.45) is 0 Å². The summed E-state index contributed by atoms with van der Waals surface area (Å²) in [6, 6.07) is 8.25. The third kappa shape index (κ3) is 3.58. The van der Waals surface area contributed by atoms with Gasteiger partial charge in [-0.15, -0.1) is 0 Å². The lowest BCUT2D eigenvalue weighted by Crippen LogP contribution is -2.19. The van der Waals surface area contributed by atoms with Gasteiger partial charge in [-0.2, -0.15) is 23.5 Å². The molecule has 0 aliphatic rings. The van der Waals surface area contributed by atoms with Gasteiger partial charge in [-0.05, 0) is 38.1 Å². The Morgan fingerprint density at radius 1 is 1.32 bits per heavy atom. The molecule has 0 unspecified atom stereocenters. The van der Waals surface area contributed by atoms with E-state index in [1.54, 1.807) is 23.0 Å². The van der Waals surface area contributed by atoms with E-state index in [-0.39, 0.29) is 17.4 Å². The van der Waals surface area contributed by atoms with Crippen LogP contribution in [0, 0.1) is 11.3 Å². The van der Waals surface area contributed by atoms with E-state index in [9.17, 15) is 13.2 Å². The molecular formula is C15H14F3N3O. The molecule has 0 radical (unpaired) electrons. The van der Waals surface area contributed by atoms with Crippen molar-refractivity contribution >= 4 is 0 Å². The summed E-state index contributed by atoms with van der Waals surface area (Å²) in [7, 11) is 0. The summed E-state index contributed by atoms with van der Waals surface area (Å²) >= 11 is 0. The summed E-state index contributed by atoms with van der Waals surface area (Å²) in [5, 5.41) is 13.3. The third-order valence-electron chi connectivity index (χ3n) is 2.95. The second-order valence-electron chi connectivity index (χ2n) is 4.98. The van der Waals surface area contributed by atoms with Gasteiger partial charge in [0.15, 0.2) is 6.61 Å². The average Bonchev–Trinajstić information content (AvgIpc) is 2.93.